The number of benzene rings is 1. The van der Waals surface area contributed by atoms with Crippen molar-refractivity contribution in [3.63, 3.8) is 0 Å². The number of pyridine rings is 2. The van der Waals surface area contributed by atoms with Gasteiger partial charge in [0.1, 0.15) is 17.9 Å². The van der Waals surface area contributed by atoms with E-state index in [0.29, 0.717) is 47.4 Å². The molecule has 2 aliphatic heterocycles. The second-order valence-electron chi connectivity index (χ2n) is 7.74. The van der Waals surface area contributed by atoms with Crippen LogP contribution in [-0.4, -0.2) is 27.8 Å². The summed E-state index contributed by atoms with van der Waals surface area (Å²) in [5.74, 6) is 1.56. The first-order valence-electron chi connectivity index (χ1n) is 9.98. The van der Waals surface area contributed by atoms with E-state index in [0.717, 1.165) is 21.4 Å². The highest BCUT2D eigenvalue weighted by atomic mass is 19.1. The van der Waals surface area contributed by atoms with Gasteiger partial charge in [-0.15, -0.1) is 10.2 Å². The fourth-order valence-electron chi connectivity index (χ4n) is 4.44. The summed E-state index contributed by atoms with van der Waals surface area (Å²) >= 11 is 0. The van der Waals surface area contributed by atoms with Gasteiger partial charge in [-0.3, -0.25) is 4.40 Å². The first kappa shape index (κ1) is 17.9. The van der Waals surface area contributed by atoms with Crippen LogP contribution in [-0.2, 0) is 6.54 Å². The third kappa shape index (κ3) is 2.62. The average Bonchev–Trinajstić information content (AvgIpc) is 3.41. The molecule has 0 saturated heterocycles. The summed E-state index contributed by atoms with van der Waals surface area (Å²) in [5.41, 5.74) is 4.02. The minimum absolute atomic E-state index is 0.0734. The van der Waals surface area contributed by atoms with E-state index in [4.69, 9.17) is 9.47 Å². The van der Waals surface area contributed by atoms with Crippen molar-refractivity contribution in [3.05, 3.63) is 70.7 Å². The zero-order valence-corrected chi connectivity index (χ0v) is 16.6. The Bertz CT molecular complexity index is 1350. The predicted octanol–water partition coefficient (Wildman–Crippen LogP) is 2.96. The number of halogens is 1. The van der Waals surface area contributed by atoms with Crippen molar-refractivity contribution in [2.75, 3.05) is 18.5 Å². The highest BCUT2D eigenvalue weighted by Gasteiger charge is 2.32. The molecule has 4 aromatic rings. The van der Waals surface area contributed by atoms with E-state index < -0.39 is 0 Å². The maximum Gasteiger partial charge on any atom is 0.197 e. The van der Waals surface area contributed by atoms with Gasteiger partial charge in [-0.05, 0) is 24.3 Å². The molecule has 0 unspecified atom stereocenters. The molecule has 2 aliphatic rings. The molecule has 0 aliphatic carbocycles. The van der Waals surface area contributed by atoms with E-state index in [1.807, 2.05) is 12.1 Å². The van der Waals surface area contributed by atoms with Gasteiger partial charge < -0.3 is 20.0 Å². The molecule has 0 saturated carbocycles. The lowest BCUT2D eigenvalue weighted by molar-refractivity contribution is -0.611. The second-order valence-corrected chi connectivity index (χ2v) is 7.74. The Labute approximate surface area is 176 Å². The molecule has 3 aromatic heterocycles. The molecule has 0 fully saturated rings. The topological polar surface area (TPSA) is 87.6 Å². The van der Waals surface area contributed by atoms with Crippen LogP contribution < -0.4 is 19.5 Å². The molecular weight excluding hydrogens is 401 g/mol. The van der Waals surface area contributed by atoms with E-state index in [2.05, 4.69) is 15.5 Å². The van der Waals surface area contributed by atoms with E-state index >= 15 is 0 Å². The normalized spacial score (nSPS) is 16.9. The van der Waals surface area contributed by atoms with E-state index in [1.165, 1.54) is 12.3 Å². The maximum absolute atomic E-state index is 14.7. The van der Waals surface area contributed by atoms with Crippen LogP contribution >= 0.6 is 0 Å². The number of anilines is 1. The van der Waals surface area contributed by atoms with E-state index in [9.17, 15) is 9.60 Å². The van der Waals surface area contributed by atoms with Gasteiger partial charge in [0.05, 0.1) is 24.7 Å². The fourth-order valence-corrected chi connectivity index (χ4v) is 4.44. The van der Waals surface area contributed by atoms with Crippen LogP contribution in [0.2, 0.25) is 0 Å². The summed E-state index contributed by atoms with van der Waals surface area (Å²) in [5, 5.41) is 23.8. The molecule has 5 heterocycles. The van der Waals surface area contributed by atoms with Crippen LogP contribution in [0.5, 0.6) is 11.5 Å². The smallest absolute Gasteiger partial charge is 0.197 e. The van der Waals surface area contributed by atoms with Crippen molar-refractivity contribution < 1.29 is 18.6 Å². The number of fused-ring (bicyclic) bond motifs is 3. The molecule has 0 spiro atoms. The molecule has 6 rings (SSSR count). The van der Waals surface area contributed by atoms with Crippen LogP contribution in [0, 0.1) is 17.9 Å². The monoisotopic (exact) mass is 419 g/mol. The van der Waals surface area contributed by atoms with Gasteiger partial charge in [0.2, 0.25) is 0 Å². The number of hydrogen-bond acceptors (Lipinski definition) is 6. The molecule has 0 amide bonds. The Morgan fingerprint density at radius 2 is 2.03 bits per heavy atom. The number of ether oxygens (including phenoxy) is 2. The maximum atomic E-state index is 14.7. The Kier molecular flexibility index (Phi) is 3.80. The third-order valence-corrected chi connectivity index (χ3v) is 6.01. The molecule has 1 N–H and O–H groups in total. The molecule has 1 atom stereocenters. The standard InChI is InChI=1S/C22H18FN5O3/c1-12-14(3-2-6-28(12)29)15-7-19-22(27-11-25-26-21(15)27)24-8-16-17(23)4-5-18-20(16)13(9-30-18)10-31-19/h2-7,11,13,24H,8-10H2,1H3/t13-/m0/s1. The van der Waals surface area contributed by atoms with Crippen molar-refractivity contribution in [1.29, 1.82) is 0 Å². The Morgan fingerprint density at radius 3 is 2.90 bits per heavy atom. The quantitative estimate of drug-likeness (QED) is 0.377. The van der Waals surface area contributed by atoms with Gasteiger partial charge in [0.25, 0.3) is 0 Å². The average molecular weight is 419 g/mol. The van der Waals surface area contributed by atoms with Crippen molar-refractivity contribution in [2.45, 2.75) is 19.4 Å². The van der Waals surface area contributed by atoms with Crippen molar-refractivity contribution in [2.24, 2.45) is 0 Å². The van der Waals surface area contributed by atoms with Crippen LogP contribution in [0.1, 0.15) is 22.7 Å². The van der Waals surface area contributed by atoms with Crippen molar-refractivity contribution in [1.82, 2.24) is 14.6 Å². The van der Waals surface area contributed by atoms with Gasteiger partial charge in [-0.25, -0.2) is 4.39 Å². The van der Waals surface area contributed by atoms with Gasteiger partial charge >= 0.3 is 0 Å². The molecular formula is C22H18FN5O3. The number of nitrogens with zero attached hydrogens (tertiary/aromatic N) is 4. The zero-order valence-electron chi connectivity index (χ0n) is 16.6. The van der Waals surface area contributed by atoms with Crippen LogP contribution in [0.15, 0.2) is 42.9 Å². The number of nitrogens with one attached hydrogen (secondary N) is 1. The summed E-state index contributed by atoms with van der Waals surface area (Å²) in [7, 11) is 0. The highest BCUT2D eigenvalue weighted by Crippen LogP contribution is 2.42. The van der Waals surface area contributed by atoms with Gasteiger partial charge in [-0.2, -0.15) is 4.73 Å². The van der Waals surface area contributed by atoms with Crippen LogP contribution in [0.25, 0.3) is 16.8 Å². The summed E-state index contributed by atoms with van der Waals surface area (Å²) < 4.78 is 29.3. The largest absolute Gasteiger partial charge is 0.618 e. The SMILES string of the molecule is Cc1c(-c2cc3c(n4cnnc24)NCc2c(F)ccc4c2[C@@H](CO4)CO3)ccc[n+]1[O-]. The van der Waals surface area contributed by atoms with E-state index in [1.54, 1.807) is 29.8 Å². The van der Waals surface area contributed by atoms with Crippen LogP contribution in [0.4, 0.5) is 10.2 Å². The van der Waals surface area contributed by atoms with Gasteiger partial charge in [0.15, 0.2) is 29.1 Å². The highest BCUT2D eigenvalue weighted by molar-refractivity contribution is 5.82. The van der Waals surface area contributed by atoms with Crippen molar-refractivity contribution in [3.8, 4) is 22.6 Å². The summed E-state index contributed by atoms with van der Waals surface area (Å²) in [6.07, 6.45) is 3.04. The molecule has 0 radical (unpaired) electrons. The summed E-state index contributed by atoms with van der Waals surface area (Å²) in [6.45, 7) is 2.80. The first-order chi connectivity index (χ1) is 15.1. The summed E-state index contributed by atoms with van der Waals surface area (Å²) in [4.78, 5) is 0. The Morgan fingerprint density at radius 1 is 1.19 bits per heavy atom. The first-order valence-corrected chi connectivity index (χ1v) is 9.98. The lowest BCUT2D eigenvalue weighted by Crippen LogP contribution is -2.29. The second kappa shape index (κ2) is 6.56. The minimum atomic E-state index is -0.276. The molecule has 8 nitrogen and oxygen atoms in total. The number of aromatic nitrogens is 4. The van der Waals surface area contributed by atoms with E-state index in [-0.39, 0.29) is 18.3 Å². The lowest BCUT2D eigenvalue weighted by atomic mass is 9.96. The third-order valence-electron chi connectivity index (χ3n) is 6.01. The molecule has 156 valence electrons. The molecule has 0 bridgehead atoms. The summed E-state index contributed by atoms with van der Waals surface area (Å²) in [6, 6.07) is 8.53. The lowest BCUT2D eigenvalue weighted by Gasteiger charge is -2.17. The Hall–Kier alpha value is -3.88. The van der Waals surface area contributed by atoms with Gasteiger partial charge in [-0.1, -0.05) is 0 Å². The fraction of sp³-hybridized carbons (Fsp3) is 0.227. The minimum Gasteiger partial charge on any atom is -0.618 e. The molecule has 31 heavy (non-hydrogen) atoms. The van der Waals surface area contributed by atoms with Gasteiger partial charge in [0, 0.05) is 36.2 Å². The number of rotatable bonds is 1. The number of hydrogen-bond donors (Lipinski definition) is 1. The zero-order chi connectivity index (χ0) is 21.1. The van der Waals surface area contributed by atoms with Crippen LogP contribution in [0.3, 0.4) is 0 Å². The molecule has 9 heteroatoms. The van der Waals surface area contributed by atoms with Crippen molar-refractivity contribution >= 4 is 11.5 Å². The molecule has 1 aromatic carbocycles. The predicted molar refractivity (Wildman–Crippen MR) is 110 cm³/mol. The Balaban J connectivity index is 1.54.